The Balaban J connectivity index is 1.96. The van der Waals surface area contributed by atoms with E-state index < -0.39 is 0 Å². The normalized spacial score (nSPS) is 28.8. The standard InChI is InChI=1S/C9H13IN2O/c10-8-1-2-9(11-7-8)12-3-5-13-6-4-12/h1-2,8H,3-7H2. The third-order valence-corrected chi connectivity index (χ3v) is 3.03. The van der Waals surface area contributed by atoms with Gasteiger partial charge in [0, 0.05) is 17.0 Å². The molecule has 0 bridgehead atoms. The minimum Gasteiger partial charge on any atom is -0.378 e. The van der Waals surface area contributed by atoms with E-state index in [0.29, 0.717) is 3.92 Å². The van der Waals surface area contributed by atoms with E-state index in [9.17, 15) is 0 Å². The maximum atomic E-state index is 5.29. The predicted octanol–water partition coefficient (Wildman–Crippen LogP) is 1.09. The summed E-state index contributed by atoms with van der Waals surface area (Å²) in [6, 6.07) is 0. The Morgan fingerprint density at radius 3 is 2.85 bits per heavy atom. The van der Waals surface area contributed by atoms with Crippen molar-refractivity contribution in [3.05, 3.63) is 12.2 Å². The fourth-order valence-electron chi connectivity index (χ4n) is 1.48. The molecule has 72 valence electrons. The fraction of sp³-hybridized carbons (Fsp3) is 0.667. The molecule has 2 heterocycles. The average Bonchev–Trinajstić information content (AvgIpc) is 2.20. The van der Waals surface area contributed by atoms with E-state index in [1.807, 2.05) is 0 Å². The van der Waals surface area contributed by atoms with Crippen LogP contribution >= 0.6 is 22.6 Å². The van der Waals surface area contributed by atoms with Crippen molar-refractivity contribution >= 4 is 28.4 Å². The van der Waals surface area contributed by atoms with E-state index >= 15 is 0 Å². The molecule has 0 aromatic rings. The number of aliphatic imine (C=N–C) groups is 1. The Morgan fingerprint density at radius 2 is 2.23 bits per heavy atom. The highest BCUT2D eigenvalue weighted by molar-refractivity contribution is 14.1. The molecule has 0 spiro atoms. The molecule has 4 heteroatoms. The van der Waals surface area contributed by atoms with Crippen molar-refractivity contribution in [2.45, 2.75) is 3.92 Å². The van der Waals surface area contributed by atoms with E-state index in [4.69, 9.17) is 4.74 Å². The lowest BCUT2D eigenvalue weighted by atomic mass is 10.3. The molecule has 1 fully saturated rings. The fourth-order valence-corrected chi connectivity index (χ4v) is 1.89. The number of hydrogen-bond donors (Lipinski definition) is 0. The van der Waals surface area contributed by atoms with Gasteiger partial charge >= 0.3 is 0 Å². The molecule has 0 aliphatic carbocycles. The van der Waals surface area contributed by atoms with Gasteiger partial charge in [0.15, 0.2) is 0 Å². The maximum absolute atomic E-state index is 5.29. The molecule has 2 rings (SSSR count). The molecule has 1 unspecified atom stereocenters. The molecule has 0 aromatic carbocycles. The number of amidine groups is 1. The SMILES string of the molecule is IC1C=CC(N2CCOCC2)=NC1. The van der Waals surface area contributed by atoms with Gasteiger partial charge in [-0.3, -0.25) is 4.99 Å². The zero-order valence-electron chi connectivity index (χ0n) is 7.45. The molecule has 3 nitrogen and oxygen atoms in total. The van der Waals surface area contributed by atoms with Crippen LogP contribution in [-0.2, 0) is 4.74 Å². The zero-order valence-corrected chi connectivity index (χ0v) is 9.61. The minimum atomic E-state index is 0.572. The van der Waals surface area contributed by atoms with Crippen LogP contribution < -0.4 is 0 Å². The van der Waals surface area contributed by atoms with Crippen molar-refractivity contribution in [3.8, 4) is 0 Å². The summed E-state index contributed by atoms with van der Waals surface area (Å²) in [5.74, 6) is 1.14. The lowest BCUT2D eigenvalue weighted by Gasteiger charge is -2.29. The Bertz CT molecular complexity index is 234. The lowest BCUT2D eigenvalue weighted by Crippen LogP contribution is -2.40. The third kappa shape index (κ3) is 2.43. The first-order chi connectivity index (χ1) is 6.36. The van der Waals surface area contributed by atoms with E-state index in [1.54, 1.807) is 0 Å². The van der Waals surface area contributed by atoms with Crippen LogP contribution in [0.2, 0.25) is 0 Å². The third-order valence-electron chi connectivity index (χ3n) is 2.22. The molecule has 2 aliphatic rings. The second kappa shape index (κ2) is 4.41. The highest BCUT2D eigenvalue weighted by Gasteiger charge is 2.15. The van der Waals surface area contributed by atoms with E-state index in [0.717, 1.165) is 38.7 Å². The molecule has 13 heavy (non-hydrogen) atoms. The van der Waals surface area contributed by atoms with Gasteiger partial charge in [-0.1, -0.05) is 28.7 Å². The van der Waals surface area contributed by atoms with Gasteiger partial charge in [-0.15, -0.1) is 0 Å². The molecule has 0 aromatic heterocycles. The van der Waals surface area contributed by atoms with Gasteiger partial charge in [-0.05, 0) is 6.08 Å². The quantitative estimate of drug-likeness (QED) is 0.493. The van der Waals surface area contributed by atoms with Crippen LogP contribution in [0.25, 0.3) is 0 Å². The molecule has 1 atom stereocenters. The molecule has 0 N–H and O–H groups in total. The summed E-state index contributed by atoms with van der Waals surface area (Å²) in [6.07, 6.45) is 4.35. The number of rotatable bonds is 0. The van der Waals surface area contributed by atoms with Crippen LogP contribution in [0.3, 0.4) is 0 Å². The summed E-state index contributed by atoms with van der Waals surface area (Å²) in [6.45, 7) is 4.55. The summed E-state index contributed by atoms with van der Waals surface area (Å²) in [5.41, 5.74) is 0. The first kappa shape index (κ1) is 9.45. The van der Waals surface area contributed by atoms with E-state index in [2.05, 4.69) is 44.6 Å². The minimum absolute atomic E-state index is 0.572. The van der Waals surface area contributed by atoms with Gasteiger partial charge in [0.25, 0.3) is 0 Å². The van der Waals surface area contributed by atoms with Crippen molar-refractivity contribution in [3.63, 3.8) is 0 Å². The summed E-state index contributed by atoms with van der Waals surface area (Å²) < 4.78 is 5.86. The maximum Gasteiger partial charge on any atom is 0.123 e. The van der Waals surface area contributed by atoms with Gasteiger partial charge in [-0.2, -0.15) is 0 Å². The number of ether oxygens (including phenoxy) is 1. The van der Waals surface area contributed by atoms with E-state index in [1.165, 1.54) is 0 Å². The Hall–Kier alpha value is -0.100. The van der Waals surface area contributed by atoms with Crippen molar-refractivity contribution in [1.82, 2.24) is 4.90 Å². The number of halogens is 1. The van der Waals surface area contributed by atoms with Gasteiger partial charge in [0.1, 0.15) is 5.84 Å². The van der Waals surface area contributed by atoms with Crippen molar-refractivity contribution in [2.24, 2.45) is 4.99 Å². The molecule has 1 saturated heterocycles. The molecule has 0 amide bonds. The topological polar surface area (TPSA) is 24.8 Å². The van der Waals surface area contributed by atoms with Gasteiger partial charge in [-0.25, -0.2) is 0 Å². The van der Waals surface area contributed by atoms with Gasteiger partial charge in [0.05, 0.1) is 19.8 Å². The second-order valence-electron chi connectivity index (χ2n) is 3.17. The van der Waals surface area contributed by atoms with Crippen molar-refractivity contribution in [1.29, 1.82) is 0 Å². The van der Waals surface area contributed by atoms with Crippen LogP contribution in [0.15, 0.2) is 17.1 Å². The van der Waals surface area contributed by atoms with Crippen molar-refractivity contribution < 1.29 is 4.74 Å². The van der Waals surface area contributed by atoms with Crippen LogP contribution in [0, 0.1) is 0 Å². The smallest absolute Gasteiger partial charge is 0.123 e. The molecular weight excluding hydrogens is 279 g/mol. The van der Waals surface area contributed by atoms with E-state index in [-0.39, 0.29) is 0 Å². The first-order valence-electron chi connectivity index (χ1n) is 4.56. The zero-order chi connectivity index (χ0) is 9.10. The summed E-state index contributed by atoms with van der Waals surface area (Å²) >= 11 is 2.40. The largest absolute Gasteiger partial charge is 0.378 e. The number of alkyl halides is 1. The van der Waals surface area contributed by atoms with Gasteiger partial charge < -0.3 is 9.64 Å². The number of nitrogens with zero attached hydrogens (tertiary/aromatic N) is 2. The molecule has 2 aliphatic heterocycles. The summed E-state index contributed by atoms with van der Waals surface area (Å²) in [5, 5.41) is 0. The Kier molecular flexibility index (Phi) is 3.21. The Labute approximate surface area is 92.0 Å². The average molecular weight is 292 g/mol. The lowest BCUT2D eigenvalue weighted by molar-refractivity contribution is 0.0683. The van der Waals surface area contributed by atoms with Crippen molar-refractivity contribution in [2.75, 3.05) is 32.8 Å². The second-order valence-corrected chi connectivity index (χ2v) is 4.77. The number of dihydropyridines is 1. The van der Waals surface area contributed by atoms with Crippen LogP contribution in [0.5, 0.6) is 0 Å². The monoisotopic (exact) mass is 292 g/mol. The number of morpholine rings is 1. The molecule has 0 saturated carbocycles. The van der Waals surface area contributed by atoms with Crippen LogP contribution in [-0.4, -0.2) is 47.5 Å². The first-order valence-corrected chi connectivity index (χ1v) is 5.80. The van der Waals surface area contributed by atoms with Gasteiger partial charge in [0.2, 0.25) is 0 Å². The van der Waals surface area contributed by atoms with Crippen LogP contribution in [0.4, 0.5) is 0 Å². The molecular formula is C9H13IN2O. The molecule has 0 radical (unpaired) electrons. The summed E-state index contributed by atoms with van der Waals surface area (Å²) in [7, 11) is 0. The number of hydrogen-bond acceptors (Lipinski definition) is 3. The van der Waals surface area contributed by atoms with Crippen LogP contribution in [0.1, 0.15) is 0 Å². The summed E-state index contributed by atoms with van der Waals surface area (Å²) in [4.78, 5) is 6.82. The Morgan fingerprint density at radius 1 is 1.46 bits per heavy atom. The predicted molar refractivity (Wildman–Crippen MR) is 61.6 cm³/mol. The highest BCUT2D eigenvalue weighted by atomic mass is 127. The highest BCUT2D eigenvalue weighted by Crippen LogP contribution is 2.10.